The normalized spacial score (nSPS) is 13.1. The SMILES string of the molecule is CCCCCOC(=O)OC(C)CN[C@@H](Cc1ccc(OC(=O)CC(C)(C)C)c(OC(=O)CC(C)(C)C)c1)C(=O)OC. The third kappa shape index (κ3) is 16.0. The molecular formula is C31H49NO9. The van der Waals surface area contributed by atoms with Crippen molar-refractivity contribution in [2.75, 3.05) is 20.3 Å². The number of unbranched alkanes of at least 4 members (excludes halogenated alkanes) is 2. The second-order valence-corrected chi connectivity index (χ2v) is 12.6. The van der Waals surface area contributed by atoms with Crippen LogP contribution < -0.4 is 14.8 Å². The van der Waals surface area contributed by atoms with Gasteiger partial charge in [0.05, 0.1) is 26.6 Å². The van der Waals surface area contributed by atoms with E-state index in [0.29, 0.717) is 12.2 Å². The van der Waals surface area contributed by atoms with Crippen molar-refractivity contribution in [1.82, 2.24) is 5.32 Å². The van der Waals surface area contributed by atoms with Gasteiger partial charge in [0, 0.05) is 6.54 Å². The summed E-state index contributed by atoms with van der Waals surface area (Å²) >= 11 is 0. The molecule has 1 unspecified atom stereocenters. The Morgan fingerprint density at radius 3 is 2.00 bits per heavy atom. The van der Waals surface area contributed by atoms with Crippen LogP contribution >= 0.6 is 0 Å². The zero-order chi connectivity index (χ0) is 31.2. The van der Waals surface area contributed by atoms with Gasteiger partial charge in [0.1, 0.15) is 12.1 Å². The number of methoxy groups -OCH3 is 1. The highest BCUT2D eigenvalue weighted by atomic mass is 16.7. The van der Waals surface area contributed by atoms with Crippen molar-refractivity contribution >= 4 is 24.1 Å². The standard InChI is InChI=1S/C31H49NO9/c1-10-11-12-15-38-29(36)39-21(2)20-32-23(28(35)37-9)16-22-13-14-24(40-26(33)18-30(3,4)5)25(17-22)41-27(34)19-31(6,7)8/h13-14,17,21,23,32H,10-12,15-16,18-20H2,1-9H3/t21?,23-/m0/s1. The first-order valence-corrected chi connectivity index (χ1v) is 14.2. The fourth-order valence-electron chi connectivity index (χ4n) is 3.70. The number of benzene rings is 1. The number of rotatable bonds is 15. The Morgan fingerprint density at radius 1 is 0.878 bits per heavy atom. The second kappa shape index (κ2) is 17.0. The molecule has 0 bridgehead atoms. The third-order valence-corrected chi connectivity index (χ3v) is 5.65. The molecule has 2 atom stereocenters. The van der Waals surface area contributed by atoms with E-state index in [0.717, 1.165) is 19.3 Å². The fourth-order valence-corrected chi connectivity index (χ4v) is 3.70. The van der Waals surface area contributed by atoms with Gasteiger partial charge in [-0.05, 0) is 48.3 Å². The highest BCUT2D eigenvalue weighted by molar-refractivity contribution is 5.78. The molecular weight excluding hydrogens is 530 g/mol. The van der Waals surface area contributed by atoms with Gasteiger partial charge in [0.25, 0.3) is 0 Å². The van der Waals surface area contributed by atoms with E-state index in [9.17, 15) is 19.2 Å². The molecule has 0 heterocycles. The van der Waals surface area contributed by atoms with Gasteiger partial charge in [-0.3, -0.25) is 14.4 Å². The first-order valence-electron chi connectivity index (χ1n) is 14.2. The number of hydrogen-bond acceptors (Lipinski definition) is 10. The summed E-state index contributed by atoms with van der Waals surface area (Å²) in [6.45, 7) is 15.7. The molecule has 1 N–H and O–H groups in total. The molecule has 0 aliphatic carbocycles. The highest BCUT2D eigenvalue weighted by Gasteiger charge is 2.25. The van der Waals surface area contributed by atoms with Crippen molar-refractivity contribution in [3.63, 3.8) is 0 Å². The molecule has 0 saturated heterocycles. The lowest BCUT2D eigenvalue weighted by molar-refractivity contribution is -0.143. The van der Waals surface area contributed by atoms with Crippen molar-refractivity contribution in [2.24, 2.45) is 10.8 Å². The molecule has 10 heteroatoms. The Labute approximate surface area is 244 Å². The van der Waals surface area contributed by atoms with Crippen molar-refractivity contribution in [3.05, 3.63) is 23.8 Å². The van der Waals surface area contributed by atoms with Gasteiger partial charge in [-0.1, -0.05) is 67.4 Å². The Hall–Kier alpha value is -3.14. The largest absolute Gasteiger partial charge is 0.508 e. The Bertz CT molecular complexity index is 1010. The summed E-state index contributed by atoms with van der Waals surface area (Å²) in [4.78, 5) is 49.6. The Morgan fingerprint density at radius 2 is 1.46 bits per heavy atom. The number of carbonyl (C=O) groups excluding carboxylic acids is 4. The minimum Gasteiger partial charge on any atom is -0.468 e. The van der Waals surface area contributed by atoms with E-state index in [4.69, 9.17) is 23.7 Å². The van der Waals surface area contributed by atoms with Crippen molar-refractivity contribution in [1.29, 1.82) is 0 Å². The molecule has 10 nitrogen and oxygen atoms in total. The minimum atomic E-state index is -0.793. The van der Waals surface area contributed by atoms with Crippen LogP contribution in [0.3, 0.4) is 0 Å². The zero-order valence-corrected chi connectivity index (χ0v) is 26.2. The third-order valence-electron chi connectivity index (χ3n) is 5.65. The average Bonchev–Trinajstić information content (AvgIpc) is 2.83. The first kappa shape index (κ1) is 35.9. The maximum atomic E-state index is 12.6. The molecule has 1 rings (SSSR count). The van der Waals surface area contributed by atoms with Gasteiger partial charge >= 0.3 is 24.1 Å². The van der Waals surface area contributed by atoms with Crippen LogP contribution in [0.25, 0.3) is 0 Å². The molecule has 0 radical (unpaired) electrons. The highest BCUT2D eigenvalue weighted by Crippen LogP contribution is 2.32. The monoisotopic (exact) mass is 579 g/mol. The van der Waals surface area contributed by atoms with Gasteiger partial charge in [-0.25, -0.2) is 4.79 Å². The van der Waals surface area contributed by atoms with Crippen LogP contribution in [0, 0.1) is 10.8 Å². The average molecular weight is 580 g/mol. The van der Waals surface area contributed by atoms with E-state index >= 15 is 0 Å². The Balaban J connectivity index is 3.02. The lowest BCUT2D eigenvalue weighted by atomic mass is 9.92. The van der Waals surface area contributed by atoms with Gasteiger partial charge < -0.3 is 29.0 Å². The fraction of sp³-hybridized carbons (Fsp3) is 0.677. The van der Waals surface area contributed by atoms with Gasteiger partial charge in [-0.2, -0.15) is 0 Å². The van der Waals surface area contributed by atoms with Gasteiger partial charge in [0.2, 0.25) is 0 Å². The van der Waals surface area contributed by atoms with Crippen LogP contribution in [0.1, 0.15) is 93.1 Å². The second-order valence-electron chi connectivity index (χ2n) is 12.6. The van der Waals surface area contributed by atoms with E-state index in [1.807, 2.05) is 41.5 Å². The predicted octanol–water partition coefficient (Wildman–Crippen LogP) is 5.78. The molecule has 0 fully saturated rings. The van der Waals surface area contributed by atoms with Crippen molar-refractivity contribution in [3.8, 4) is 11.5 Å². The molecule has 232 valence electrons. The predicted molar refractivity (Wildman–Crippen MR) is 155 cm³/mol. The van der Waals surface area contributed by atoms with Gasteiger partial charge in [-0.15, -0.1) is 0 Å². The van der Waals surface area contributed by atoms with E-state index in [1.165, 1.54) is 7.11 Å². The molecule has 0 aliphatic heterocycles. The molecule has 1 aromatic carbocycles. The molecule has 1 aromatic rings. The van der Waals surface area contributed by atoms with Crippen LogP contribution in [0.2, 0.25) is 0 Å². The van der Waals surface area contributed by atoms with Crippen LogP contribution in [0.4, 0.5) is 4.79 Å². The topological polar surface area (TPSA) is 126 Å². The smallest absolute Gasteiger partial charge is 0.468 e. The summed E-state index contributed by atoms with van der Waals surface area (Å²) in [6.07, 6.45) is 1.90. The summed E-state index contributed by atoms with van der Waals surface area (Å²) in [5.74, 6) is -1.24. The zero-order valence-electron chi connectivity index (χ0n) is 26.2. The van der Waals surface area contributed by atoms with Crippen LogP contribution in [0.5, 0.6) is 11.5 Å². The number of nitrogens with one attached hydrogen (secondary N) is 1. The van der Waals surface area contributed by atoms with E-state index in [1.54, 1.807) is 25.1 Å². The number of esters is 3. The van der Waals surface area contributed by atoms with Crippen LogP contribution in [0.15, 0.2) is 18.2 Å². The molecule has 0 spiro atoms. The maximum absolute atomic E-state index is 12.6. The first-order chi connectivity index (χ1) is 19.0. The lowest BCUT2D eigenvalue weighted by Gasteiger charge is -2.21. The van der Waals surface area contributed by atoms with Crippen molar-refractivity contribution < 1.29 is 42.9 Å². The summed E-state index contributed by atoms with van der Waals surface area (Å²) < 4.78 is 26.5. The number of carbonyl (C=O) groups is 4. The summed E-state index contributed by atoms with van der Waals surface area (Å²) in [5.41, 5.74) is 0.0378. The maximum Gasteiger partial charge on any atom is 0.508 e. The minimum absolute atomic E-state index is 0.0881. The molecule has 0 aromatic heterocycles. The van der Waals surface area contributed by atoms with E-state index in [-0.39, 0.29) is 48.1 Å². The van der Waals surface area contributed by atoms with E-state index in [2.05, 4.69) is 12.2 Å². The molecule has 0 aliphatic rings. The summed E-state index contributed by atoms with van der Waals surface area (Å²) in [6, 6.07) is 4.01. The van der Waals surface area contributed by atoms with Crippen molar-refractivity contribution in [2.45, 2.75) is 106 Å². The van der Waals surface area contributed by atoms with Crippen LogP contribution in [-0.4, -0.2) is 56.5 Å². The van der Waals surface area contributed by atoms with Crippen LogP contribution in [-0.2, 0) is 35.0 Å². The number of hydrogen-bond donors (Lipinski definition) is 1. The lowest BCUT2D eigenvalue weighted by Crippen LogP contribution is -2.43. The number of ether oxygens (including phenoxy) is 5. The molecule has 0 saturated carbocycles. The summed E-state index contributed by atoms with van der Waals surface area (Å²) in [5, 5.41) is 3.06. The van der Waals surface area contributed by atoms with E-state index < -0.39 is 36.2 Å². The summed E-state index contributed by atoms with van der Waals surface area (Å²) in [7, 11) is 1.28. The Kier molecular flexibility index (Phi) is 14.8. The molecule has 41 heavy (non-hydrogen) atoms. The quantitative estimate of drug-likeness (QED) is 0.155. The van der Waals surface area contributed by atoms with Gasteiger partial charge in [0.15, 0.2) is 11.5 Å². The molecule has 0 amide bonds.